The van der Waals surface area contributed by atoms with Crippen molar-refractivity contribution in [2.75, 3.05) is 5.32 Å². The van der Waals surface area contributed by atoms with Crippen LogP contribution in [-0.4, -0.2) is 27.6 Å². The summed E-state index contributed by atoms with van der Waals surface area (Å²) in [5, 5.41) is 39.7. The Labute approximate surface area is 236 Å². The fourth-order valence-electron chi connectivity index (χ4n) is 4.34. The van der Waals surface area contributed by atoms with Crippen LogP contribution in [0, 0.1) is 21.4 Å². The Balaban J connectivity index is 1.46. The number of hydrogen-bond donors (Lipinski definition) is 3. The molecule has 4 aromatic carbocycles. The maximum atomic E-state index is 12.9. The highest BCUT2D eigenvalue weighted by Gasteiger charge is 2.17. The zero-order chi connectivity index (χ0) is 29.2. The number of hydrazone groups is 1. The molecule has 0 unspecified atom stereocenters. The number of nitro groups is 1. The van der Waals surface area contributed by atoms with E-state index in [-0.39, 0.29) is 35.7 Å². The number of phenolic OH excluding ortho intramolecular Hbond substituents is 1. The Morgan fingerprint density at radius 2 is 1.66 bits per heavy atom. The molecule has 4 rings (SSSR count). The number of amides is 2. The van der Waals surface area contributed by atoms with E-state index >= 15 is 0 Å². The second-order valence-electron chi connectivity index (χ2n) is 9.34. The average Bonchev–Trinajstić information content (AvgIpc) is 2.98. The quantitative estimate of drug-likeness (QED) is 0.117. The highest BCUT2D eigenvalue weighted by atomic mass is 16.6. The lowest BCUT2D eigenvalue weighted by Gasteiger charge is -2.13. The van der Waals surface area contributed by atoms with Gasteiger partial charge in [0.25, 0.3) is 11.6 Å². The summed E-state index contributed by atoms with van der Waals surface area (Å²) in [5.41, 5.74) is 4.03. The number of nitro benzene ring substituents is 1. The van der Waals surface area contributed by atoms with Gasteiger partial charge in [-0.2, -0.15) is 10.4 Å². The summed E-state index contributed by atoms with van der Waals surface area (Å²) in [4.78, 5) is 35.9. The van der Waals surface area contributed by atoms with Gasteiger partial charge in [0.15, 0.2) is 0 Å². The monoisotopic (exact) mass is 549 g/mol. The van der Waals surface area contributed by atoms with Crippen LogP contribution >= 0.6 is 0 Å². The summed E-state index contributed by atoms with van der Waals surface area (Å²) < 4.78 is 0. The first-order valence-corrected chi connectivity index (χ1v) is 12.9. The zero-order valence-corrected chi connectivity index (χ0v) is 22.0. The van der Waals surface area contributed by atoms with Crippen molar-refractivity contribution in [3.05, 3.63) is 112 Å². The van der Waals surface area contributed by atoms with Gasteiger partial charge < -0.3 is 10.4 Å². The molecule has 0 fully saturated rings. The summed E-state index contributed by atoms with van der Waals surface area (Å²) in [7, 11) is 0. The number of carbonyl (C=O) groups is 2. The molecule has 3 N–H and O–H groups in total. The molecule has 4 aromatic rings. The van der Waals surface area contributed by atoms with E-state index in [1.807, 2.05) is 54.6 Å². The number of rotatable bonds is 11. The molecular formula is C31H27N5O5. The third kappa shape index (κ3) is 7.74. The van der Waals surface area contributed by atoms with Gasteiger partial charge in [-0.3, -0.25) is 19.7 Å². The van der Waals surface area contributed by atoms with Crippen molar-refractivity contribution in [2.45, 2.75) is 31.6 Å². The smallest absolute Gasteiger partial charge is 0.275 e. The van der Waals surface area contributed by atoms with Crippen molar-refractivity contribution in [2.24, 2.45) is 5.10 Å². The van der Waals surface area contributed by atoms with Crippen LogP contribution in [0.3, 0.4) is 0 Å². The standard InChI is InChI=1S/C31H27N5O5/c32-20-24(21-8-2-1-3-9-21)16-26(13-7-15-30(38)33-25-12-6-14-27(19-25)36(40)41)34-35-31(39)28-17-22-10-4-5-11-23(22)18-29(28)37/h1-6,8-12,14,17-19,24,37H,7,13,15-16H2,(H,33,38)(H,35,39)/b34-26-/t24-/m0/s1. The van der Waals surface area contributed by atoms with Gasteiger partial charge in [0.2, 0.25) is 5.91 Å². The van der Waals surface area contributed by atoms with Crippen LogP contribution in [0.2, 0.25) is 0 Å². The van der Waals surface area contributed by atoms with E-state index in [1.165, 1.54) is 24.3 Å². The Morgan fingerprint density at radius 3 is 2.37 bits per heavy atom. The Kier molecular flexibility index (Phi) is 9.36. The second-order valence-corrected chi connectivity index (χ2v) is 9.34. The predicted octanol–water partition coefficient (Wildman–Crippen LogP) is 6.05. The highest BCUT2D eigenvalue weighted by Crippen LogP contribution is 2.25. The van der Waals surface area contributed by atoms with Crippen LogP contribution in [0.15, 0.2) is 96.1 Å². The normalized spacial score (nSPS) is 11.8. The third-order valence-corrected chi connectivity index (χ3v) is 6.43. The minimum Gasteiger partial charge on any atom is -0.507 e. The molecule has 0 aromatic heterocycles. The van der Waals surface area contributed by atoms with Crippen molar-refractivity contribution >= 4 is 39.7 Å². The molecule has 0 aliphatic rings. The number of nitrogens with one attached hydrogen (secondary N) is 2. The predicted molar refractivity (Wildman–Crippen MR) is 156 cm³/mol. The third-order valence-electron chi connectivity index (χ3n) is 6.43. The fourth-order valence-corrected chi connectivity index (χ4v) is 4.34. The first-order valence-electron chi connectivity index (χ1n) is 12.9. The fraction of sp³-hybridized carbons (Fsp3) is 0.161. The molecule has 0 aliphatic heterocycles. The largest absolute Gasteiger partial charge is 0.507 e. The lowest BCUT2D eigenvalue weighted by atomic mass is 9.93. The summed E-state index contributed by atoms with van der Waals surface area (Å²) in [5.74, 6) is -1.66. The maximum absolute atomic E-state index is 12.9. The SMILES string of the molecule is N#C[C@H](C/C(CCCC(=O)Nc1cccc([N+](=O)[O-])c1)=N\NC(=O)c1cc2ccccc2cc1O)c1ccccc1. The number of phenols is 1. The van der Waals surface area contributed by atoms with Crippen LogP contribution < -0.4 is 10.7 Å². The molecule has 2 amide bonds. The minimum absolute atomic E-state index is 0.0584. The van der Waals surface area contributed by atoms with Crippen molar-refractivity contribution in [3.63, 3.8) is 0 Å². The van der Waals surface area contributed by atoms with E-state index in [0.717, 1.165) is 16.3 Å². The average molecular weight is 550 g/mol. The number of anilines is 1. The van der Waals surface area contributed by atoms with E-state index in [1.54, 1.807) is 12.1 Å². The van der Waals surface area contributed by atoms with Crippen molar-refractivity contribution in [1.29, 1.82) is 5.26 Å². The molecule has 206 valence electrons. The molecule has 41 heavy (non-hydrogen) atoms. The van der Waals surface area contributed by atoms with Crippen LogP contribution in [0.1, 0.15) is 47.5 Å². The topological polar surface area (TPSA) is 158 Å². The van der Waals surface area contributed by atoms with Gasteiger partial charge in [-0.05, 0) is 47.4 Å². The van der Waals surface area contributed by atoms with Gasteiger partial charge in [0, 0.05) is 36.4 Å². The molecule has 0 radical (unpaired) electrons. The number of aromatic hydroxyl groups is 1. The summed E-state index contributed by atoms with van der Waals surface area (Å²) in [6, 6.07) is 27.5. The van der Waals surface area contributed by atoms with E-state index in [2.05, 4.69) is 21.9 Å². The molecule has 10 heteroatoms. The number of nitrogens with zero attached hydrogens (tertiary/aromatic N) is 3. The summed E-state index contributed by atoms with van der Waals surface area (Å²) >= 11 is 0. The molecule has 0 saturated heterocycles. The van der Waals surface area contributed by atoms with Gasteiger partial charge in [-0.15, -0.1) is 0 Å². The van der Waals surface area contributed by atoms with Crippen LogP contribution in [0.25, 0.3) is 10.8 Å². The molecular weight excluding hydrogens is 522 g/mol. The Hall–Kier alpha value is -5.56. The van der Waals surface area contributed by atoms with Gasteiger partial charge in [-0.1, -0.05) is 60.7 Å². The Bertz CT molecular complexity index is 1650. The summed E-state index contributed by atoms with van der Waals surface area (Å²) in [6.45, 7) is 0. The molecule has 0 bridgehead atoms. The molecule has 0 aliphatic carbocycles. The van der Waals surface area contributed by atoms with Crippen LogP contribution in [0.5, 0.6) is 5.75 Å². The van der Waals surface area contributed by atoms with Crippen molar-refractivity contribution in [1.82, 2.24) is 5.43 Å². The first-order chi connectivity index (χ1) is 19.8. The number of benzene rings is 4. The van der Waals surface area contributed by atoms with Crippen LogP contribution in [-0.2, 0) is 4.79 Å². The lowest BCUT2D eigenvalue weighted by Crippen LogP contribution is -2.21. The number of carbonyl (C=O) groups excluding carboxylic acids is 2. The molecule has 1 atom stereocenters. The van der Waals surface area contributed by atoms with Crippen molar-refractivity contribution < 1.29 is 19.6 Å². The van der Waals surface area contributed by atoms with Gasteiger partial charge in [0.1, 0.15) is 5.75 Å². The van der Waals surface area contributed by atoms with E-state index in [9.17, 15) is 30.1 Å². The molecule has 0 spiro atoms. The number of fused-ring (bicyclic) bond motifs is 1. The van der Waals surface area contributed by atoms with Crippen LogP contribution in [0.4, 0.5) is 11.4 Å². The summed E-state index contributed by atoms with van der Waals surface area (Å²) in [6.07, 6.45) is 0.960. The first kappa shape index (κ1) is 28.4. The number of hydrogen-bond acceptors (Lipinski definition) is 7. The molecule has 0 saturated carbocycles. The van der Waals surface area contributed by atoms with E-state index in [0.29, 0.717) is 24.2 Å². The highest BCUT2D eigenvalue weighted by molar-refractivity contribution is 6.02. The minimum atomic E-state index is -0.609. The zero-order valence-electron chi connectivity index (χ0n) is 22.0. The van der Waals surface area contributed by atoms with Crippen molar-refractivity contribution in [3.8, 4) is 11.8 Å². The lowest BCUT2D eigenvalue weighted by molar-refractivity contribution is -0.384. The van der Waals surface area contributed by atoms with E-state index in [4.69, 9.17) is 0 Å². The number of nitriles is 1. The molecule has 0 heterocycles. The molecule has 10 nitrogen and oxygen atoms in total. The maximum Gasteiger partial charge on any atom is 0.275 e. The Morgan fingerprint density at radius 1 is 0.951 bits per heavy atom. The van der Waals surface area contributed by atoms with Gasteiger partial charge >= 0.3 is 0 Å². The van der Waals surface area contributed by atoms with E-state index < -0.39 is 16.7 Å². The second kappa shape index (κ2) is 13.5. The van der Waals surface area contributed by atoms with Gasteiger partial charge in [0.05, 0.1) is 22.5 Å². The number of non-ortho nitro benzene ring substituents is 1. The van der Waals surface area contributed by atoms with Gasteiger partial charge in [-0.25, -0.2) is 5.43 Å².